The number of carbonyl (C=O) groups excluding carboxylic acids is 1. The molecule has 0 amide bonds. The van der Waals surface area contributed by atoms with Crippen LogP contribution in [0.15, 0.2) is 35.1 Å². The quantitative estimate of drug-likeness (QED) is 0.811. The Morgan fingerprint density at radius 3 is 2.59 bits per heavy atom. The third kappa shape index (κ3) is 2.20. The van der Waals surface area contributed by atoms with Crippen LogP contribution in [0.3, 0.4) is 0 Å². The smallest absolute Gasteiger partial charge is 0.309 e. The Hall–Kier alpha value is -2.10. The van der Waals surface area contributed by atoms with Gasteiger partial charge in [-0.15, -0.1) is 0 Å². The van der Waals surface area contributed by atoms with Crippen LogP contribution in [0.2, 0.25) is 0 Å². The molecule has 0 atom stereocenters. The van der Waals surface area contributed by atoms with Gasteiger partial charge in [0.2, 0.25) is 0 Å². The van der Waals surface area contributed by atoms with Crippen LogP contribution in [-0.2, 0) is 13.0 Å². The summed E-state index contributed by atoms with van der Waals surface area (Å²) in [6.07, 6.45) is 1.38. The Balaban J connectivity index is 2.42. The molecule has 2 rings (SSSR count). The van der Waals surface area contributed by atoms with Gasteiger partial charge >= 0.3 is 5.69 Å². The molecule has 1 aromatic heterocycles. The maximum atomic E-state index is 11.7. The summed E-state index contributed by atoms with van der Waals surface area (Å²) in [5, 5.41) is 0. The number of aromatic amines is 1. The Labute approximate surface area is 98.9 Å². The van der Waals surface area contributed by atoms with E-state index >= 15 is 0 Å². The van der Waals surface area contributed by atoms with Gasteiger partial charge in [0.1, 0.15) is 5.69 Å². The van der Waals surface area contributed by atoms with Crippen molar-refractivity contribution in [2.75, 3.05) is 0 Å². The van der Waals surface area contributed by atoms with Gasteiger partial charge in [0.25, 0.3) is 0 Å². The number of aromatic nitrogens is 2. The van der Waals surface area contributed by atoms with Crippen molar-refractivity contribution in [3.63, 3.8) is 0 Å². The van der Waals surface area contributed by atoms with Gasteiger partial charge in [0.05, 0.1) is 6.54 Å². The number of nitrogens with one attached hydrogen (secondary N) is 1. The molecule has 0 aliphatic carbocycles. The van der Waals surface area contributed by atoms with Crippen LogP contribution < -0.4 is 5.69 Å². The highest BCUT2D eigenvalue weighted by Crippen LogP contribution is 2.06. The molecule has 0 radical (unpaired) electrons. The van der Waals surface area contributed by atoms with Gasteiger partial charge in [-0.3, -0.25) is 9.36 Å². The second-order valence-corrected chi connectivity index (χ2v) is 3.84. The minimum Gasteiger partial charge on any atom is -0.309 e. The average molecular weight is 230 g/mol. The summed E-state index contributed by atoms with van der Waals surface area (Å²) in [6.45, 7) is 2.33. The van der Waals surface area contributed by atoms with Crippen LogP contribution in [0.4, 0.5) is 0 Å². The fourth-order valence-electron chi connectivity index (χ4n) is 1.86. The summed E-state index contributed by atoms with van der Waals surface area (Å²) in [5.41, 5.74) is 1.91. The van der Waals surface area contributed by atoms with E-state index in [0.717, 1.165) is 11.8 Å². The summed E-state index contributed by atoms with van der Waals surface area (Å²) in [5.74, 6) is 0. The van der Waals surface area contributed by atoms with Crippen LogP contribution in [0.25, 0.3) is 0 Å². The monoisotopic (exact) mass is 230 g/mol. The molecule has 4 nitrogen and oxygen atoms in total. The van der Waals surface area contributed by atoms with Crippen molar-refractivity contribution in [2.45, 2.75) is 19.9 Å². The van der Waals surface area contributed by atoms with E-state index in [1.165, 1.54) is 4.57 Å². The minimum atomic E-state index is -0.229. The number of imidazole rings is 1. The molecule has 0 aliphatic rings. The fraction of sp³-hybridized carbons (Fsp3) is 0.231. The standard InChI is InChI=1S/C13H14N2O2/c1-2-11-12(9-16)15(13(17)14-11)8-10-6-4-3-5-7-10/h3-7,9H,2,8H2,1H3,(H,14,17). The molecule has 0 saturated heterocycles. The molecular weight excluding hydrogens is 216 g/mol. The Kier molecular flexibility index (Phi) is 3.23. The molecule has 0 unspecified atom stereocenters. The van der Waals surface area contributed by atoms with Crippen molar-refractivity contribution >= 4 is 6.29 Å². The summed E-state index contributed by atoms with van der Waals surface area (Å²) >= 11 is 0. The van der Waals surface area contributed by atoms with E-state index in [1.807, 2.05) is 37.3 Å². The van der Waals surface area contributed by atoms with E-state index in [1.54, 1.807) is 0 Å². The van der Waals surface area contributed by atoms with Crippen molar-refractivity contribution in [3.8, 4) is 0 Å². The summed E-state index contributed by atoms with van der Waals surface area (Å²) in [6, 6.07) is 9.60. The lowest BCUT2D eigenvalue weighted by atomic mass is 10.2. The Morgan fingerprint density at radius 1 is 1.29 bits per heavy atom. The molecule has 1 N–H and O–H groups in total. The van der Waals surface area contributed by atoms with Gasteiger partial charge in [0.15, 0.2) is 6.29 Å². The third-order valence-corrected chi connectivity index (χ3v) is 2.75. The zero-order valence-electron chi connectivity index (χ0n) is 9.64. The van der Waals surface area contributed by atoms with Gasteiger partial charge in [-0.25, -0.2) is 4.79 Å². The largest absolute Gasteiger partial charge is 0.326 e. The number of aryl methyl sites for hydroxylation is 1. The first-order valence-corrected chi connectivity index (χ1v) is 5.57. The molecular formula is C13H14N2O2. The lowest BCUT2D eigenvalue weighted by molar-refractivity contribution is 0.111. The highest BCUT2D eigenvalue weighted by atomic mass is 16.1. The van der Waals surface area contributed by atoms with Crippen LogP contribution in [0, 0.1) is 0 Å². The summed E-state index contributed by atoms with van der Waals surface area (Å²) in [4.78, 5) is 25.5. The predicted octanol–water partition coefficient (Wildman–Crippen LogP) is 1.60. The number of hydrogen-bond donors (Lipinski definition) is 1. The van der Waals surface area contributed by atoms with Crippen LogP contribution in [0.5, 0.6) is 0 Å². The first-order valence-electron chi connectivity index (χ1n) is 5.57. The van der Waals surface area contributed by atoms with Gasteiger partial charge < -0.3 is 4.98 Å². The summed E-state index contributed by atoms with van der Waals surface area (Å²) < 4.78 is 1.47. The van der Waals surface area contributed by atoms with Crippen molar-refractivity contribution in [1.82, 2.24) is 9.55 Å². The molecule has 0 bridgehead atoms. The molecule has 4 heteroatoms. The minimum absolute atomic E-state index is 0.229. The van der Waals surface area contributed by atoms with Crippen molar-refractivity contribution < 1.29 is 4.79 Å². The van der Waals surface area contributed by atoms with Gasteiger partial charge in [-0.05, 0) is 12.0 Å². The zero-order chi connectivity index (χ0) is 12.3. The van der Waals surface area contributed by atoms with Gasteiger partial charge in [0, 0.05) is 5.69 Å². The molecule has 0 saturated carbocycles. The van der Waals surface area contributed by atoms with E-state index < -0.39 is 0 Å². The number of aldehydes is 1. The number of benzene rings is 1. The molecule has 88 valence electrons. The molecule has 0 spiro atoms. The zero-order valence-corrected chi connectivity index (χ0v) is 9.64. The fourth-order valence-corrected chi connectivity index (χ4v) is 1.86. The van der Waals surface area contributed by atoms with Crippen molar-refractivity contribution in [2.24, 2.45) is 0 Å². The molecule has 0 fully saturated rings. The average Bonchev–Trinajstić information content (AvgIpc) is 2.67. The lowest BCUT2D eigenvalue weighted by Gasteiger charge is -2.03. The second-order valence-electron chi connectivity index (χ2n) is 3.84. The number of hydrogen-bond acceptors (Lipinski definition) is 2. The van der Waals surface area contributed by atoms with E-state index in [4.69, 9.17) is 0 Å². The number of H-pyrrole nitrogens is 1. The first kappa shape index (κ1) is 11.4. The number of rotatable bonds is 4. The van der Waals surface area contributed by atoms with Crippen LogP contribution in [0.1, 0.15) is 28.7 Å². The molecule has 1 heterocycles. The highest BCUT2D eigenvalue weighted by Gasteiger charge is 2.11. The SMILES string of the molecule is CCc1[nH]c(=O)n(Cc2ccccc2)c1C=O. The number of nitrogens with zero attached hydrogens (tertiary/aromatic N) is 1. The van der Waals surface area contributed by atoms with Crippen molar-refractivity contribution in [1.29, 1.82) is 0 Å². The number of carbonyl (C=O) groups is 1. The van der Waals surface area contributed by atoms with E-state index in [9.17, 15) is 9.59 Å². The van der Waals surface area contributed by atoms with E-state index in [0.29, 0.717) is 24.4 Å². The topological polar surface area (TPSA) is 54.9 Å². The maximum Gasteiger partial charge on any atom is 0.326 e. The predicted molar refractivity (Wildman–Crippen MR) is 65.4 cm³/mol. The van der Waals surface area contributed by atoms with E-state index in [2.05, 4.69) is 4.98 Å². The maximum absolute atomic E-state index is 11.7. The highest BCUT2D eigenvalue weighted by molar-refractivity contribution is 5.74. The Bertz CT molecular complexity index is 567. The van der Waals surface area contributed by atoms with Gasteiger partial charge in [-0.2, -0.15) is 0 Å². The third-order valence-electron chi connectivity index (χ3n) is 2.75. The van der Waals surface area contributed by atoms with Crippen LogP contribution >= 0.6 is 0 Å². The normalized spacial score (nSPS) is 10.4. The van der Waals surface area contributed by atoms with E-state index in [-0.39, 0.29) is 5.69 Å². The molecule has 2 aromatic rings. The second kappa shape index (κ2) is 4.82. The van der Waals surface area contributed by atoms with Gasteiger partial charge in [-0.1, -0.05) is 37.3 Å². The van der Waals surface area contributed by atoms with Crippen molar-refractivity contribution in [3.05, 3.63) is 57.8 Å². The van der Waals surface area contributed by atoms with Crippen LogP contribution in [-0.4, -0.2) is 15.8 Å². The lowest BCUT2D eigenvalue weighted by Crippen LogP contribution is -2.19. The molecule has 17 heavy (non-hydrogen) atoms. The Morgan fingerprint density at radius 2 is 2.00 bits per heavy atom. The molecule has 0 aliphatic heterocycles. The first-order chi connectivity index (χ1) is 8.26. The summed E-state index contributed by atoms with van der Waals surface area (Å²) in [7, 11) is 0. The molecule has 1 aromatic carbocycles.